The largest absolute Gasteiger partial charge is 0.387 e. The molecule has 4 N–H and O–H groups in total. The van der Waals surface area contributed by atoms with Crippen LogP contribution in [-0.2, 0) is 0 Å². The Kier molecular flexibility index (Phi) is 28.8. The Morgan fingerprint density at radius 3 is 2.19 bits per heavy atom. The molecule has 0 bridgehead atoms. The first kappa shape index (κ1) is 19.8. The molecule has 92 valence electrons. The fourth-order valence-electron chi connectivity index (χ4n) is 0.527. The summed E-state index contributed by atoms with van der Waals surface area (Å²) in [5.41, 5.74) is 15.4. The third-order valence-electron chi connectivity index (χ3n) is 1.30. The molecule has 0 aromatic heterocycles. The van der Waals surface area contributed by atoms with Crippen molar-refractivity contribution in [3.05, 3.63) is 37.1 Å². The minimum atomic E-state index is 0.646. The Morgan fingerprint density at radius 2 is 1.94 bits per heavy atom. The van der Waals surface area contributed by atoms with Gasteiger partial charge in [-0.05, 0) is 19.4 Å². The van der Waals surface area contributed by atoms with Gasteiger partial charge in [0.1, 0.15) is 0 Å². The molecule has 0 unspecified atom stereocenters. The highest BCUT2D eigenvalue weighted by Crippen LogP contribution is 1.79. The number of nitrogens with zero attached hydrogens (tertiary/aromatic N) is 1. The van der Waals surface area contributed by atoms with Crippen LogP contribution in [0.5, 0.6) is 0 Å². The fourth-order valence-corrected chi connectivity index (χ4v) is 0.527. The van der Waals surface area contributed by atoms with E-state index in [9.17, 15) is 0 Å². The van der Waals surface area contributed by atoms with E-state index in [0.29, 0.717) is 5.84 Å². The topological polar surface area (TPSA) is 86.1 Å². The van der Waals surface area contributed by atoms with Crippen molar-refractivity contribution in [3.63, 3.8) is 0 Å². The normalized spacial score (nSPS) is 10.3. The van der Waals surface area contributed by atoms with E-state index in [-0.39, 0.29) is 0 Å². The lowest BCUT2D eigenvalue weighted by Gasteiger charge is -1.87. The number of nitrogens with two attached hydrogens (primary N) is 1. The Bertz CT molecular complexity index is 217. The molecule has 0 radical (unpaired) electrons. The number of amidine groups is 1. The first-order valence-corrected chi connectivity index (χ1v) is 5.18. The zero-order valence-electron chi connectivity index (χ0n) is 10.5. The maximum atomic E-state index is 5.38. The highest BCUT2D eigenvalue weighted by Gasteiger charge is 1.78. The summed E-state index contributed by atoms with van der Waals surface area (Å²) >= 11 is 0. The van der Waals surface area contributed by atoms with Gasteiger partial charge >= 0.3 is 0 Å². The van der Waals surface area contributed by atoms with Gasteiger partial charge in [0.05, 0.1) is 5.84 Å². The number of hydrogen-bond acceptors (Lipinski definition) is 3. The van der Waals surface area contributed by atoms with Crippen LogP contribution in [0, 0.1) is 11.1 Å². The van der Waals surface area contributed by atoms with Crippen molar-refractivity contribution in [3.8, 4) is 0 Å². The molecular weight excluding hydrogens is 200 g/mol. The number of rotatable bonds is 4. The van der Waals surface area contributed by atoms with Gasteiger partial charge in [0.25, 0.3) is 0 Å². The lowest BCUT2D eigenvalue weighted by Crippen LogP contribution is -2.08. The Hall–Kier alpha value is -1.71. The number of aliphatic imine (C=N–C) groups is 1. The average Bonchev–Trinajstić information content (AvgIpc) is 2.33. The second kappa shape index (κ2) is 23.3. The van der Waals surface area contributed by atoms with Crippen LogP contribution in [0.2, 0.25) is 0 Å². The van der Waals surface area contributed by atoms with E-state index < -0.39 is 0 Å². The van der Waals surface area contributed by atoms with E-state index in [1.54, 1.807) is 18.4 Å². The summed E-state index contributed by atoms with van der Waals surface area (Å²) in [5, 5.41) is 0. The number of nitrogens with one attached hydrogen (secondary N) is 2. The molecule has 0 amide bonds. The molecule has 0 aromatic carbocycles. The van der Waals surface area contributed by atoms with Crippen molar-refractivity contribution < 1.29 is 0 Å². The quantitative estimate of drug-likeness (QED) is 0.217. The standard InChI is InChI=1S/C7H12N2.C5H10.H2N2/c1-3-5-6-9-7(8)4-2;1-3-5-4-2;1-2/h3,5-6H,1,4H2,2H3,(H2,8,9);3,5H,4H2,1-2H3;1-2H/b6-5+;5-3-;. The molecule has 0 heterocycles. The van der Waals surface area contributed by atoms with Crippen LogP contribution in [0.25, 0.3) is 0 Å². The third kappa shape index (κ3) is 29.5. The molecular formula is C12H24N4. The average molecular weight is 224 g/mol. The molecule has 4 nitrogen and oxygen atoms in total. The van der Waals surface area contributed by atoms with Crippen molar-refractivity contribution in [2.45, 2.75) is 33.6 Å². The van der Waals surface area contributed by atoms with Gasteiger partial charge in [-0.1, -0.05) is 38.7 Å². The lowest BCUT2D eigenvalue weighted by molar-refractivity contribution is 1.05. The van der Waals surface area contributed by atoms with Crippen molar-refractivity contribution >= 4 is 5.84 Å². The molecule has 0 aliphatic rings. The van der Waals surface area contributed by atoms with Crippen LogP contribution in [-0.4, -0.2) is 5.84 Å². The van der Waals surface area contributed by atoms with E-state index in [0.717, 1.165) is 12.8 Å². The van der Waals surface area contributed by atoms with Gasteiger partial charge in [0.15, 0.2) is 0 Å². The van der Waals surface area contributed by atoms with E-state index in [1.165, 1.54) is 0 Å². The Morgan fingerprint density at radius 1 is 1.38 bits per heavy atom. The Balaban J connectivity index is -0.000000205. The maximum absolute atomic E-state index is 5.38. The van der Waals surface area contributed by atoms with E-state index >= 15 is 0 Å². The predicted molar refractivity (Wildman–Crippen MR) is 71.8 cm³/mol. The molecule has 16 heavy (non-hydrogen) atoms. The van der Waals surface area contributed by atoms with Crippen molar-refractivity contribution in [1.29, 1.82) is 11.1 Å². The second-order valence-corrected chi connectivity index (χ2v) is 2.53. The molecule has 4 heteroatoms. The van der Waals surface area contributed by atoms with E-state index in [2.05, 4.69) is 30.6 Å². The zero-order chi connectivity index (χ0) is 13.2. The smallest absolute Gasteiger partial charge is 0.0986 e. The maximum Gasteiger partial charge on any atom is 0.0986 e. The highest BCUT2D eigenvalue weighted by molar-refractivity contribution is 5.80. The summed E-state index contributed by atoms with van der Waals surface area (Å²) < 4.78 is 0. The van der Waals surface area contributed by atoms with Crippen molar-refractivity contribution in [2.75, 3.05) is 0 Å². The number of hydrogen-bond donors (Lipinski definition) is 3. The molecule has 0 saturated carbocycles. The summed E-state index contributed by atoms with van der Waals surface area (Å²) in [6.07, 6.45) is 11.2. The first-order valence-electron chi connectivity index (χ1n) is 5.18. The second-order valence-electron chi connectivity index (χ2n) is 2.53. The third-order valence-corrected chi connectivity index (χ3v) is 1.30. The minimum absolute atomic E-state index is 0.646. The first-order chi connectivity index (χ1) is 7.72. The summed E-state index contributed by atoms with van der Waals surface area (Å²) in [7, 11) is 0. The molecule has 0 saturated heterocycles. The summed E-state index contributed by atoms with van der Waals surface area (Å²) in [6, 6.07) is 0. The molecule has 0 fully saturated rings. The molecule has 0 spiro atoms. The molecule has 0 aromatic rings. The highest BCUT2D eigenvalue weighted by atomic mass is 14.8. The molecule has 0 rings (SSSR count). The van der Waals surface area contributed by atoms with E-state index in [4.69, 9.17) is 16.8 Å². The van der Waals surface area contributed by atoms with Crippen LogP contribution in [0.4, 0.5) is 0 Å². The Labute approximate surface area is 99.0 Å². The van der Waals surface area contributed by atoms with Gasteiger partial charge in [-0.25, -0.2) is 16.1 Å². The molecule has 0 atom stereocenters. The van der Waals surface area contributed by atoms with Crippen LogP contribution >= 0.6 is 0 Å². The van der Waals surface area contributed by atoms with Gasteiger partial charge < -0.3 is 5.73 Å². The van der Waals surface area contributed by atoms with Gasteiger partial charge in [0, 0.05) is 12.6 Å². The molecule has 0 aliphatic carbocycles. The van der Waals surface area contributed by atoms with Crippen LogP contribution in [0.15, 0.2) is 42.1 Å². The van der Waals surface area contributed by atoms with Gasteiger partial charge in [0.2, 0.25) is 0 Å². The van der Waals surface area contributed by atoms with Crippen molar-refractivity contribution in [2.24, 2.45) is 10.7 Å². The van der Waals surface area contributed by atoms with Gasteiger partial charge in [-0.15, -0.1) is 0 Å². The summed E-state index contributed by atoms with van der Waals surface area (Å²) in [4.78, 5) is 3.88. The molecule has 0 aliphatic heterocycles. The minimum Gasteiger partial charge on any atom is -0.387 e. The van der Waals surface area contributed by atoms with Gasteiger partial charge in [-0.2, -0.15) is 0 Å². The van der Waals surface area contributed by atoms with Gasteiger partial charge in [-0.3, -0.25) is 0 Å². The monoisotopic (exact) mass is 224 g/mol. The summed E-state index contributed by atoms with van der Waals surface area (Å²) in [5.74, 6) is 0.646. The SMILES string of the molecule is C/C=C\CC.C=C/C=C/N=C(N)CC.N=N. The van der Waals surface area contributed by atoms with Crippen LogP contribution in [0.3, 0.4) is 0 Å². The van der Waals surface area contributed by atoms with Crippen LogP contribution in [0.1, 0.15) is 33.6 Å². The summed E-state index contributed by atoms with van der Waals surface area (Å²) in [6.45, 7) is 9.60. The van der Waals surface area contributed by atoms with Crippen LogP contribution < -0.4 is 5.73 Å². The fraction of sp³-hybridized carbons (Fsp3) is 0.417. The van der Waals surface area contributed by atoms with E-state index in [1.807, 2.05) is 13.8 Å². The predicted octanol–water partition coefficient (Wildman–Crippen LogP) is 4.02. The number of allylic oxidation sites excluding steroid dienone is 4. The zero-order valence-corrected chi connectivity index (χ0v) is 10.5. The van der Waals surface area contributed by atoms with Crippen molar-refractivity contribution in [1.82, 2.24) is 0 Å². The lowest BCUT2D eigenvalue weighted by atomic mass is 10.4.